The molecule has 0 aliphatic carbocycles. The summed E-state index contributed by atoms with van der Waals surface area (Å²) < 4.78 is 10.8. The van der Waals surface area contributed by atoms with Gasteiger partial charge in [0.15, 0.2) is 0 Å². The lowest BCUT2D eigenvalue weighted by Crippen LogP contribution is -2.07. The largest absolute Gasteiger partial charge is 0.379 e. The van der Waals surface area contributed by atoms with E-state index in [4.69, 9.17) is 11.6 Å². The molecule has 7 heteroatoms. The van der Waals surface area contributed by atoms with Crippen LogP contribution in [0.2, 0.25) is 5.02 Å². The first-order valence-electron chi connectivity index (χ1n) is 4.99. The molecule has 0 spiro atoms. The first-order chi connectivity index (χ1) is 8.02. The molecule has 0 amide bonds. The van der Waals surface area contributed by atoms with Crippen molar-refractivity contribution < 1.29 is 9.13 Å². The van der Waals surface area contributed by atoms with Gasteiger partial charge in [0, 0.05) is 29.4 Å². The number of para-hydroxylation sites is 1. The smallest absolute Gasteiger partial charge is 0.310 e. The minimum absolute atomic E-state index is 0.110. The van der Waals surface area contributed by atoms with Crippen LogP contribution in [0.3, 0.4) is 0 Å². The summed E-state index contributed by atoms with van der Waals surface area (Å²) in [5.74, 6) is 0.571. The minimum Gasteiger partial charge on any atom is -0.379 e. The third-order valence-corrected chi connectivity index (χ3v) is 3.26. The first kappa shape index (κ1) is 13.9. The van der Waals surface area contributed by atoms with Gasteiger partial charge in [-0.3, -0.25) is 14.3 Å². The highest BCUT2D eigenvalue weighted by molar-refractivity contribution is 7.84. The number of nitro benzene ring substituents is 1. The van der Waals surface area contributed by atoms with Crippen LogP contribution in [0, 0.1) is 10.1 Å². The first-order valence-corrected chi connectivity index (χ1v) is 7.09. The van der Waals surface area contributed by atoms with E-state index in [2.05, 4.69) is 5.32 Å². The number of nitrogens with zero attached hydrogens (tertiary/aromatic N) is 1. The molecule has 0 bridgehead atoms. The molecule has 5 nitrogen and oxygen atoms in total. The van der Waals surface area contributed by atoms with E-state index in [1.54, 1.807) is 18.4 Å². The van der Waals surface area contributed by atoms with Crippen LogP contribution in [0.5, 0.6) is 0 Å². The monoisotopic (exact) mass is 276 g/mol. The third kappa shape index (κ3) is 4.32. The molecular formula is C10H13ClN2O3S. The van der Waals surface area contributed by atoms with Crippen LogP contribution in [0.4, 0.5) is 11.4 Å². The molecule has 1 rings (SSSR count). The second kappa shape index (κ2) is 6.56. The van der Waals surface area contributed by atoms with Gasteiger partial charge >= 0.3 is 5.69 Å². The van der Waals surface area contributed by atoms with Crippen LogP contribution in [0.25, 0.3) is 0 Å². The van der Waals surface area contributed by atoms with E-state index in [1.807, 2.05) is 0 Å². The van der Waals surface area contributed by atoms with Crippen molar-refractivity contribution in [3.8, 4) is 0 Å². The van der Waals surface area contributed by atoms with Crippen molar-refractivity contribution in [2.45, 2.75) is 6.42 Å². The van der Waals surface area contributed by atoms with Crippen LogP contribution in [0.15, 0.2) is 18.2 Å². The third-order valence-electron chi connectivity index (χ3n) is 2.09. The van der Waals surface area contributed by atoms with Gasteiger partial charge in [-0.05, 0) is 18.6 Å². The van der Waals surface area contributed by atoms with Crippen molar-refractivity contribution in [3.63, 3.8) is 0 Å². The summed E-state index contributed by atoms with van der Waals surface area (Å²) in [5.41, 5.74) is 0.274. The van der Waals surface area contributed by atoms with E-state index in [-0.39, 0.29) is 10.7 Å². The normalized spacial score (nSPS) is 12.1. The molecule has 1 aromatic rings. The number of halogens is 1. The van der Waals surface area contributed by atoms with Crippen molar-refractivity contribution in [2.75, 3.05) is 23.9 Å². The lowest BCUT2D eigenvalue weighted by Gasteiger charge is -2.07. The molecular weight excluding hydrogens is 264 g/mol. The van der Waals surface area contributed by atoms with E-state index in [1.165, 1.54) is 6.07 Å². The Kier molecular flexibility index (Phi) is 5.37. The van der Waals surface area contributed by atoms with Crippen LogP contribution < -0.4 is 5.32 Å². The van der Waals surface area contributed by atoms with Crippen LogP contribution in [0.1, 0.15) is 6.42 Å². The maximum atomic E-state index is 10.8. The SMILES string of the molecule is CS(=O)CCCNc1cccc(Cl)c1[N+](=O)[O-]. The number of benzene rings is 1. The Bertz CT molecular complexity index is 440. The molecule has 1 atom stereocenters. The highest BCUT2D eigenvalue weighted by Crippen LogP contribution is 2.31. The topological polar surface area (TPSA) is 72.2 Å². The van der Waals surface area contributed by atoms with Crippen molar-refractivity contribution in [1.29, 1.82) is 0 Å². The highest BCUT2D eigenvalue weighted by atomic mass is 35.5. The molecule has 0 radical (unpaired) electrons. The molecule has 1 aromatic carbocycles. The van der Waals surface area contributed by atoms with Gasteiger partial charge < -0.3 is 5.32 Å². The molecule has 0 aromatic heterocycles. The van der Waals surface area contributed by atoms with Crippen molar-refractivity contribution in [1.82, 2.24) is 0 Å². The Hall–Kier alpha value is -1.14. The van der Waals surface area contributed by atoms with Crippen LogP contribution in [-0.4, -0.2) is 27.7 Å². The van der Waals surface area contributed by atoms with Crippen molar-refractivity contribution in [2.24, 2.45) is 0 Å². The van der Waals surface area contributed by atoms with Crippen molar-refractivity contribution >= 4 is 33.8 Å². The summed E-state index contributed by atoms with van der Waals surface area (Å²) in [6.07, 6.45) is 2.31. The van der Waals surface area contributed by atoms with Gasteiger partial charge in [0.1, 0.15) is 10.7 Å². The molecule has 0 aliphatic heterocycles. The molecule has 17 heavy (non-hydrogen) atoms. The predicted molar refractivity (Wildman–Crippen MR) is 70.1 cm³/mol. The molecule has 1 N–H and O–H groups in total. The molecule has 1 unspecified atom stereocenters. The number of hydrogen-bond acceptors (Lipinski definition) is 4. The van der Waals surface area contributed by atoms with Gasteiger partial charge in [0.05, 0.1) is 4.92 Å². The fourth-order valence-electron chi connectivity index (χ4n) is 1.34. The molecule has 0 saturated heterocycles. The lowest BCUT2D eigenvalue weighted by atomic mass is 10.2. The average molecular weight is 277 g/mol. The van der Waals surface area contributed by atoms with Gasteiger partial charge in [-0.1, -0.05) is 17.7 Å². The van der Waals surface area contributed by atoms with Gasteiger partial charge in [-0.2, -0.15) is 0 Å². The quantitative estimate of drug-likeness (QED) is 0.492. The van der Waals surface area contributed by atoms with Crippen LogP contribution in [-0.2, 0) is 10.8 Å². The summed E-state index contributed by atoms with van der Waals surface area (Å²) in [6.45, 7) is 0.529. The zero-order valence-electron chi connectivity index (χ0n) is 9.31. The Balaban J connectivity index is 2.67. The average Bonchev–Trinajstić information content (AvgIpc) is 2.23. The number of anilines is 1. The molecule has 0 saturated carbocycles. The van der Waals surface area contributed by atoms with Gasteiger partial charge in [-0.25, -0.2) is 0 Å². The van der Waals surface area contributed by atoms with E-state index in [9.17, 15) is 14.3 Å². The number of nitro groups is 1. The second-order valence-electron chi connectivity index (χ2n) is 3.45. The summed E-state index contributed by atoms with van der Waals surface area (Å²) in [7, 11) is -0.842. The van der Waals surface area contributed by atoms with E-state index in [0.29, 0.717) is 24.4 Å². The zero-order valence-corrected chi connectivity index (χ0v) is 10.9. The minimum atomic E-state index is -0.842. The van der Waals surface area contributed by atoms with Gasteiger partial charge in [0.25, 0.3) is 0 Å². The molecule has 0 fully saturated rings. The summed E-state index contributed by atoms with van der Waals surface area (Å²) in [4.78, 5) is 10.3. The lowest BCUT2D eigenvalue weighted by molar-refractivity contribution is -0.383. The zero-order chi connectivity index (χ0) is 12.8. The standard InChI is InChI=1S/C10H13ClN2O3S/c1-17(16)7-3-6-12-9-5-2-4-8(11)10(9)13(14)15/h2,4-5,12H,3,6-7H2,1H3. The maximum Gasteiger partial charge on any atom is 0.310 e. The summed E-state index contributed by atoms with van der Waals surface area (Å²) in [5, 5.41) is 13.9. The van der Waals surface area contributed by atoms with E-state index >= 15 is 0 Å². The Morgan fingerprint density at radius 2 is 2.24 bits per heavy atom. The number of hydrogen-bond donors (Lipinski definition) is 1. The Morgan fingerprint density at radius 3 is 2.82 bits per heavy atom. The van der Waals surface area contributed by atoms with Crippen LogP contribution >= 0.6 is 11.6 Å². The van der Waals surface area contributed by atoms with E-state index < -0.39 is 15.7 Å². The number of nitrogens with one attached hydrogen (secondary N) is 1. The summed E-state index contributed by atoms with van der Waals surface area (Å²) in [6, 6.07) is 4.73. The Morgan fingerprint density at radius 1 is 1.53 bits per heavy atom. The fraction of sp³-hybridized carbons (Fsp3) is 0.400. The molecule has 94 valence electrons. The van der Waals surface area contributed by atoms with Gasteiger partial charge in [-0.15, -0.1) is 0 Å². The Labute approximate surface area is 107 Å². The summed E-state index contributed by atoms with van der Waals surface area (Å²) >= 11 is 5.76. The van der Waals surface area contributed by atoms with E-state index in [0.717, 1.165) is 0 Å². The fourth-order valence-corrected chi connectivity index (χ4v) is 2.14. The predicted octanol–water partition coefficient (Wildman–Crippen LogP) is 2.43. The highest BCUT2D eigenvalue weighted by Gasteiger charge is 2.17. The second-order valence-corrected chi connectivity index (χ2v) is 5.41. The van der Waals surface area contributed by atoms with Crippen molar-refractivity contribution in [3.05, 3.63) is 33.3 Å². The van der Waals surface area contributed by atoms with Gasteiger partial charge in [0.2, 0.25) is 0 Å². The maximum absolute atomic E-state index is 10.8. The molecule has 0 heterocycles. The number of rotatable bonds is 6. The molecule has 0 aliphatic rings.